The molecule has 3 aromatic rings. The van der Waals surface area contributed by atoms with Crippen LogP contribution in [-0.2, 0) is 13.2 Å². The fourth-order valence-corrected chi connectivity index (χ4v) is 3.14. The van der Waals surface area contributed by atoms with Crippen molar-refractivity contribution in [2.75, 3.05) is 0 Å². The topological polar surface area (TPSA) is 51.2 Å². The number of halogens is 2. The summed E-state index contributed by atoms with van der Waals surface area (Å²) in [7, 11) is 0. The van der Waals surface area contributed by atoms with E-state index in [1.165, 1.54) is 12.1 Å². The molecule has 2 aromatic carbocycles. The first kappa shape index (κ1) is 16.5. The number of ether oxygens (including phenoxy) is 1. The summed E-state index contributed by atoms with van der Waals surface area (Å²) in [5.41, 5.74) is 4.15. The number of benzene rings is 2. The minimum Gasteiger partial charge on any atom is -0.488 e. The fraction of sp³-hybridized carbons (Fsp3) is 0.100. The highest BCUT2D eigenvalue weighted by molar-refractivity contribution is 6.31. The van der Waals surface area contributed by atoms with Crippen LogP contribution in [0.5, 0.6) is 5.75 Å². The van der Waals surface area contributed by atoms with E-state index in [0.29, 0.717) is 23.5 Å². The lowest BCUT2D eigenvalue weighted by Crippen LogP contribution is -2.23. The summed E-state index contributed by atoms with van der Waals surface area (Å²) in [6.07, 6.45) is 3.52. The summed E-state index contributed by atoms with van der Waals surface area (Å²) < 4.78 is 18.8. The number of carbonyl (C=O) groups is 1. The van der Waals surface area contributed by atoms with Gasteiger partial charge in [0.15, 0.2) is 0 Å². The SMILES string of the molecule is O=C(NCc1ccc(F)cc1Cl)c1ccc2c(c1)OCc1cnccc1-2. The molecule has 0 radical (unpaired) electrons. The Kier molecular flexibility index (Phi) is 4.31. The summed E-state index contributed by atoms with van der Waals surface area (Å²) in [4.78, 5) is 16.5. The standard InChI is InChI=1S/C20H14ClFN2O2/c21-18-8-15(22)3-1-13(18)10-24-20(25)12-2-4-17-16-5-6-23-9-14(16)11-26-19(17)7-12/h1-9H,10-11H2,(H,24,25). The Balaban J connectivity index is 1.53. The van der Waals surface area contributed by atoms with Crippen molar-refractivity contribution < 1.29 is 13.9 Å². The molecule has 0 fully saturated rings. The average Bonchev–Trinajstić information content (AvgIpc) is 2.66. The van der Waals surface area contributed by atoms with Crippen LogP contribution in [-0.4, -0.2) is 10.9 Å². The molecule has 0 spiro atoms. The van der Waals surface area contributed by atoms with Gasteiger partial charge in [0.1, 0.15) is 18.2 Å². The van der Waals surface area contributed by atoms with Gasteiger partial charge in [-0.1, -0.05) is 17.7 Å². The molecule has 0 unspecified atom stereocenters. The Hall–Kier alpha value is -2.92. The number of aromatic nitrogens is 1. The highest BCUT2D eigenvalue weighted by Gasteiger charge is 2.19. The molecule has 1 aliphatic heterocycles. The van der Waals surface area contributed by atoms with Gasteiger partial charge < -0.3 is 10.1 Å². The number of nitrogens with one attached hydrogen (secondary N) is 1. The maximum atomic E-state index is 13.1. The van der Waals surface area contributed by atoms with E-state index in [-0.39, 0.29) is 17.5 Å². The van der Waals surface area contributed by atoms with Crippen LogP contribution in [0, 0.1) is 5.82 Å². The Morgan fingerprint density at radius 2 is 2.08 bits per heavy atom. The van der Waals surface area contributed by atoms with Gasteiger partial charge in [0.2, 0.25) is 0 Å². The van der Waals surface area contributed by atoms with E-state index in [4.69, 9.17) is 16.3 Å². The quantitative estimate of drug-likeness (QED) is 0.747. The molecule has 0 atom stereocenters. The summed E-state index contributed by atoms with van der Waals surface area (Å²) >= 11 is 5.99. The van der Waals surface area contributed by atoms with Gasteiger partial charge in [0.05, 0.1) is 0 Å². The molecule has 1 N–H and O–H groups in total. The summed E-state index contributed by atoms with van der Waals surface area (Å²) in [6, 6.07) is 11.4. The molecule has 4 nitrogen and oxygen atoms in total. The molecule has 130 valence electrons. The van der Waals surface area contributed by atoms with E-state index >= 15 is 0 Å². The Bertz CT molecular complexity index is 1010. The van der Waals surface area contributed by atoms with Gasteiger partial charge in [-0.25, -0.2) is 4.39 Å². The van der Waals surface area contributed by atoms with E-state index < -0.39 is 5.82 Å². The molecule has 1 aliphatic rings. The number of carbonyl (C=O) groups excluding carboxylic acids is 1. The van der Waals surface area contributed by atoms with Crippen molar-refractivity contribution in [1.82, 2.24) is 10.3 Å². The third-order valence-electron chi connectivity index (χ3n) is 4.28. The lowest BCUT2D eigenvalue weighted by atomic mass is 9.97. The normalized spacial score (nSPS) is 11.9. The van der Waals surface area contributed by atoms with Crippen molar-refractivity contribution in [2.45, 2.75) is 13.2 Å². The van der Waals surface area contributed by atoms with Crippen LogP contribution in [0.1, 0.15) is 21.5 Å². The Labute approximate surface area is 154 Å². The van der Waals surface area contributed by atoms with Crippen LogP contribution in [0.4, 0.5) is 4.39 Å². The zero-order chi connectivity index (χ0) is 18.1. The second kappa shape index (κ2) is 6.77. The van der Waals surface area contributed by atoms with E-state index in [1.807, 2.05) is 12.1 Å². The zero-order valence-corrected chi connectivity index (χ0v) is 14.4. The van der Waals surface area contributed by atoms with Crippen LogP contribution in [0.2, 0.25) is 5.02 Å². The number of pyridine rings is 1. The lowest BCUT2D eigenvalue weighted by Gasteiger charge is -2.20. The molecule has 26 heavy (non-hydrogen) atoms. The zero-order valence-electron chi connectivity index (χ0n) is 13.6. The van der Waals surface area contributed by atoms with E-state index in [9.17, 15) is 9.18 Å². The number of amides is 1. The molecule has 2 heterocycles. The number of hydrogen-bond acceptors (Lipinski definition) is 3. The maximum Gasteiger partial charge on any atom is 0.251 e. The lowest BCUT2D eigenvalue weighted by molar-refractivity contribution is 0.0950. The Morgan fingerprint density at radius 3 is 2.92 bits per heavy atom. The highest BCUT2D eigenvalue weighted by atomic mass is 35.5. The van der Waals surface area contributed by atoms with Gasteiger partial charge in [-0.2, -0.15) is 0 Å². The molecule has 0 bridgehead atoms. The van der Waals surface area contributed by atoms with E-state index in [2.05, 4.69) is 10.3 Å². The number of nitrogens with zero attached hydrogens (tertiary/aromatic N) is 1. The molecule has 0 saturated carbocycles. The van der Waals surface area contributed by atoms with E-state index in [1.54, 1.807) is 30.6 Å². The molecular formula is C20H14ClFN2O2. The fourth-order valence-electron chi connectivity index (χ4n) is 2.91. The molecule has 1 amide bonds. The van der Waals surface area contributed by atoms with Gasteiger partial charge in [-0.15, -0.1) is 0 Å². The summed E-state index contributed by atoms with van der Waals surface area (Å²) in [5.74, 6) is 0.000811. The molecule has 0 saturated heterocycles. The molecule has 4 rings (SSSR count). The molecule has 0 aliphatic carbocycles. The second-order valence-electron chi connectivity index (χ2n) is 5.95. The van der Waals surface area contributed by atoms with Crippen LogP contribution >= 0.6 is 11.6 Å². The number of hydrogen-bond donors (Lipinski definition) is 1. The minimum absolute atomic E-state index is 0.213. The molecule has 1 aromatic heterocycles. The minimum atomic E-state index is -0.410. The Morgan fingerprint density at radius 1 is 1.19 bits per heavy atom. The third-order valence-corrected chi connectivity index (χ3v) is 4.63. The van der Waals surface area contributed by atoms with Gasteiger partial charge in [-0.3, -0.25) is 9.78 Å². The van der Waals surface area contributed by atoms with Crippen LogP contribution in [0.25, 0.3) is 11.1 Å². The van der Waals surface area contributed by atoms with E-state index in [0.717, 1.165) is 16.7 Å². The van der Waals surface area contributed by atoms with Gasteiger partial charge in [0, 0.05) is 40.7 Å². The molecule has 6 heteroatoms. The number of rotatable bonds is 3. The van der Waals surface area contributed by atoms with Crippen LogP contribution in [0.15, 0.2) is 54.9 Å². The van der Waals surface area contributed by atoms with Crippen molar-refractivity contribution >= 4 is 17.5 Å². The summed E-state index contributed by atoms with van der Waals surface area (Å²) in [6.45, 7) is 0.636. The maximum absolute atomic E-state index is 13.1. The smallest absolute Gasteiger partial charge is 0.251 e. The van der Waals surface area contributed by atoms with Crippen molar-refractivity contribution in [3.8, 4) is 16.9 Å². The van der Waals surface area contributed by atoms with Crippen molar-refractivity contribution in [1.29, 1.82) is 0 Å². The first-order chi connectivity index (χ1) is 12.6. The third kappa shape index (κ3) is 3.13. The predicted molar refractivity (Wildman–Crippen MR) is 96.6 cm³/mol. The van der Waals surface area contributed by atoms with Gasteiger partial charge >= 0.3 is 0 Å². The first-order valence-corrected chi connectivity index (χ1v) is 8.42. The number of fused-ring (bicyclic) bond motifs is 3. The van der Waals surface area contributed by atoms with Crippen LogP contribution in [0.3, 0.4) is 0 Å². The molecular weight excluding hydrogens is 355 g/mol. The highest BCUT2D eigenvalue weighted by Crippen LogP contribution is 2.37. The van der Waals surface area contributed by atoms with Crippen molar-refractivity contribution in [3.05, 3.63) is 82.4 Å². The average molecular weight is 369 g/mol. The first-order valence-electron chi connectivity index (χ1n) is 8.04. The largest absolute Gasteiger partial charge is 0.488 e. The van der Waals surface area contributed by atoms with Gasteiger partial charge in [-0.05, 0) is 47.5 Å². The van der Waals surface area contributed by atoms with Crippen molar-refractivity contribution in [2.24, 2.45) is 0 Å². The predicted octanol–water partition coefficient (Wildman–Crippen LogP) is 4.36. The monoisotopic (exact) mass is 368 g/mol. The second-order valence-corrected chi connectivity index (χ2v) is 6.36. The van der Waals surface area contributed by atoms with Gasteiger partial charge in [0.25, 0.3) is 5.91 Å². The van der Waals surface area contributed by atoms with Crippen LogP contribution < -0.4 is 10.1 Å². The van der Waals surface area contributed by atoms with Crippen molar-refractivity contribution in [3.63, 3.8) is 0 Å². The summed E-state index contributed by atoms with van der Waals surface area (Å²) in [5, 5.41) is 3.07.